The molecule has 10 heteroatoms. The monoisotopic (exact) mass is 509 g/mol. The van der Waals surface area contributed by atoms with Crippen LogP contribution in [0.4, 0.5) is 4.39 Å². The Kier molecular flexibility index (Phi) is 6.09. The van der Waals surface area contributed by atoms with Gasteiger partial charge in [0, 0.05) is 54.5 Å². The van der Waals surface area contributed by atoms with Gasteiger partial charge in [0.15, 0.2) is 20.4 Å². The molecule has 1 aliphatic rings. The minimum Gasteiger partial charge on any atom is -0.454 e. The molecule has 3 aromatic heterocycles. The summed E-state index contributed by atoms with van der Waals surface area (Å²) in [6.07, 6.45) is 3.76. The van der Waals surface area contributed by atoms with Crippen LogP contribution in [0.2, 0.25) is 0 Å². The number of benzene rings is 1. The Morgan fingerprint density at radius 3 is 2.47 bits per heavy atom. The van der Waals surface area contributed by atoms with Gasteiger partial charge in [0.2, 0.25) is 0 Å². The highest BCUT2D eigenvalue weighted by molar-refractivity contribution is 7.90. The molecule has 4 aromatic rings. The molecule has 1 unspecified atom stereocenters. The normalized spacial score (nSPS) is 18.5. The third-order valence-corrected chi connectivity index (χ3v) is 7.04. The maximum absolute atomic E-state index is 15.8. The smallest absolute Gasteiger partial charge is 0.257 e. The Bertz CT molecular complexity index is 1560. The minimum absolute atomic E-state index is 0.0221. The predicted octanol–water partition coefficient (Wildman–Crippen LogP) is 4.35. The number of fused-ring (bicyclic) bond motifs is 1. The molecule has 0 N–H and O–H groups in total. The van der Waals surface area contributed by atoms with Gasteiger partial charge in [-0.25, -0.2) is 17.8 Å². The van der Waals surface area contributed by atoms with Crippen molar-refractivity contribution in [3.8, 4) is 22.5 Å². The van der Waals surface area contributed by atoms with E-state index < -0.39 is 15.7 Å². The van der Waals surface area contributed by atoms with Crippen LogP contribution in [-0.4, -0.2) is 60.7 Å². The van der Waals surface area contributed by atoms with Crippen molar-refractivity contribution in [1.29, 1.82) is 0 Å². The van der Waals surface area contributed by atoms with E-state index in [0.717, 1.165) is 6.26 Å². The number of nitrogens with zero attached hydrogens (tertiary/aromatic N) is 3. The number of sulfone groups is 1. The van der Waals surface area contributed by atoms with Crippen LogP contribution in [-0.2, 0) is 14.6 Å². The lowest BCUT2D eigenvalue weighted by Gasteiger charge is -2.35. The van der Waals surface area contributed by atoms with Crippen molar-refractivity contribution >= 4 is 26.8 Å². The highest BCUT2D eigenvalue weighted by atomic mass is 32.2. The lowest BCUT2D eigenvalue weighted by Crippen LogP contribution is -2.48. The quantitative estimate of drug-likeness (QED) is 0.403. The zero-order valence-electron chi connectivity index (χ0n) is 19.9. The molecule has 1 aromatic carbocycles. The van der Waals surface area contributed by atoms with Gasteiger partial charge in [0.1, 0.15) is 17.1 Å². The molecule has 0 radical (unpaired) electrons. The number of carbonyl (C=O) groups is 1. The summed E-state index contributed by atoms with van der Waals surface area (Å²) in [4.78, 5) is 23.1. The number of carbonyl (C=O) groups excluding carboxylic acids is 1. The SMILES string of the molecule is CC1CN(C(=O)c2cccc(-c3ccnc4cc(-c5ccc(S(C)(=O)=O)nc5)oc34)c2F)C[C@@H](C)O1. The van der Waals surface area contributed by atoms with Crippen LogP contribution in [0.1, 0.15) is 24.2 Å². The van der Waals surface area contributed by atoms with Gasteiger partial charge < -0.3 is 14.1 Å². The van der Waals surface area contributed by atoms with Gasteiger partial charge in [-0.3, -0.25) is 9.78 Å². The lowest BCUT2D eigenvalue weighted by atomic mass is 10.0. The van der Waals surface area contributed by atoms with Crippen molar-refractivity contribution in [3.63, 3.8) is 0 Å². The number of hydrogen-bond donors (Lipinski definition) is 0. The van der Waals surface area contributed by atoms with E-state index >= 15 is 4.39 Å². The molecule has 1 aliphatic heterocycles. The molecule has 2 atom stereocenters. The van der Waals surface area contributed by atoms with Crippen molar-refractivity contribution in [1.82, 2.24) is 14.9 Å². The van der Waals surface area contributed by atoms with Crippen LogP contribution in [0.15, 0.2) is 64.3 Å². The molecule has 4 heterocycles. The fraction of sp³-hybridized carbons (Fsp3) is 0.269. The molecule has 1 amide bonds. The van der Waals surface area contributed by atoms with E-state index in [1.54, 1.807) is 41.4 Å². The molecule has 36 heavy (non-hydrogen) atoms. The van der Waals surface area contributed by atoms with Gasteiger partial charge in [-0.05, 0) is 38.1 Å². The van der Waals surface area contributed by atoms with Crippen LogP contribution in [0.5, 0.6) is 0 Å². The summed E-state index contributed by atoms with van der Waals surface area (Å²) in [5.41, 5.74) is 2.02. The summed E-state index contributed by atoms with van der Waals surface area (Å²) < 4.78 is 50.9. The van der Waals surface area contributed by atoms with E-state index in [1.165, 1.54) is 18.3 Å². The highest BCUT2D eigenvalue weighted by Gasteiger charge is 2.29. The molecule has 0 bridgehead atoms. The minimum atomic E-state index is -3.43. The first kappa shape index (κ1) is 24.1. The fourth-order valence-corrected chi connectivity index (χ4v) is 5.02. The molecule has 1 saturated heterocycles. The van der Waals surface area contributed by atoms with Gasteiger partial charge >= 0.3 is 0 Å². The number of ether oxygens (including phenoxy) is 1. The van der Waals surface area contributed by atoms with Crippen molar-refractivity contribution in [3.05, 3.63) is 66.2 Å². The number of amides is 1. The van der Waals surface area contributed by atoms with Crippen molar-refractivity contribution in [2.75, 3.05) is 19.3 Å². The van der Waals surface area contributed by atoms with Crippen molar-refractivity contribution in [2.24, 2.45) is 0 Å². The molecule has 5 rings (SSSR count). The third kappa shape index (κ3) is 4.49. The summed E-state index contributed by atoms with van der Waals surface area (Å²) in [5.74, 6) is -0.626. The van der Waals surface area contributed by atoms with E-state index in [4.69, 9.17) is 9.15 Å². The average molecular weight is 510 g/mol. The number of halogens is 1. The maximum atomic E-state index is 15.8. The summed E-state index contributed by atoms with van der Waals surface area (Å²) >= 11 is 0. The van der Waals surface area contributed by atoms with Gasteiger partial charge in [0.25, 0.3) is 5.91 Å². The first-order valence-electron chi connectivity index (χ1n) is 11.4. The Morgan fingerprint density at radius 1 is 1.06 bits per heavy atom. The van der Waals surface area contributed by atoms with Crippen LogP contribution in [0.3, 0.4) is 0 Å². The fourth-order valence-electron chi connectivity index (χ4n) is 4.46. The molecule has 1 fully saturated rings. The van der Waals surface area contributed by atoms with Gasteiger partial charge in [-0.1, -0.05) is 12.1 Å². The van der Waals surface area contributed by atoms with Gasteiger partial charge in [-0.15, -0.1) is 0 Å². The second kappa shape index (κ2) is 9.11. The second-order valence-corrected chi connectivity index (χ2v) is 10.9. The number of aromatic nitrogens is 2. The number of hydrogen-bond acceptors (Lipinski definition) is 7. The summed E-state index contributed by atoms with van der Waals surface area (Å²) in [6.45, 7) is 4.55. The number of furan rings is 1. The highest BCUT2D eigenvalue weighted by Crippen LogP contribution is 2.35. The molecule has 186 valence electrons. The third-order valence-electron chi connectivity index (χ3n) is 6.04. The molecular weight excluding hydrogens is 485 g/mol. The van der Waals surface area contributed by atoms with E-state index in [1.807, 2.05) is 13.8 Å². The van der Waals surface area contributed by atoms with Crippen LogP contribution in [0.25, 0.3) is 33.6 Å². The van der Waals surface area contributed by atoms with E-state index in [9.17, 15) is 13.2 Å². The van der Waals surface area contributed by atoms with Crippen LogP contribution < -0.4 is 0 Å². The van der Waals surface area contributed by atoms with Crippen LogP contribution in [0, 0.1) is 5.82 Å². The van der Waals surface area contributed by atoms with Crippen molar-refractivity contribution < 1.29 is 26.8 Å². The number of morpholine rings is 1. The molecule has 0 spiro atoms. The Labute approximate surface area is 207 Å². The Balaban J connectivity index is 1.53. The number of rotatable bonds is 4. The zero-order valence-corrected chi connectivity index (χ0v) is 20.8. The summed E-state index contributed by atoms with van der Waals surface area (Å²) in [5, 5.41) is -0.0474. The first-order valence-corrected chi connectivity index (χ1v) is 13.3. The lowest BCUT2D eigenvalue weighted by molar-refractivity contribution is -0.0587. The van der Waals surface area contributed by atoms with Gasteiger partial charge in [0.05, 0.1) is 17.8 Å². The standard InChI is InChI=1S/C26H24FN3O5S/c1-15-13-30(14-16(2)34-15)26(31)20-6-4-5-18(24(20)27)19-9-10-28-21-11-22(35-25(19)21)17-7-8-23(29-12-17)36(3,32)33/h4-12,15-16H,13-14H2,1-3H3/t15-,16?/m1/s1. The van der Waals surface area contributed by atoms with E-state index in [-0.39, 0.29) is 34.3 Å². The molecule has 8 nitrogen and oxygen atoms in total. The maximum Gasteiger partial charge on any atom is 0.257 e. The Morgan fingerprint density at radius 2 is 1.81 bits per heavy atom. The molecule has 0 saturated carbocycles. The molecule has 0 aliphatic carbocycles. The largest absolute Gasteiger partial charge is 0.454 e. The van der Waals surface area contributed by atoms with Crippen molar-refractivity contribution in [2.45, 2.75) is 31.1 Å². The average Bonchev–Trinajstić information content (AvgIpc) is 3.27. The van der Waals surface area contributed by atoms with Crippen LogP contribution >= 0.6 is 0 Å². The van der Waals surface area contributed by atoms with E-state index in [0.29, 0.717) is 41.1 Å². The summed E-state index contributed by atoms with van der Waals surface area (Å²) in [6, 6.07) is 11.0. The topological polar surface area (TPSA) is 103 Å². The van der Waals surface area contributed by atoms with Gasteiger partial charge in [-0.2, -0.15) is 0 Å². The van der Waals surface area contributed by atoms with E-state index in [2.05, 4.69) is 9.97 Å². The number of pyridine rings is 2. The Hall–Kier alpha value is -3.63. The second-order valence-electron chi connectivity index (χ2n) is 8.98. The molecular formula is C26H24FN3O5S. The zero-order chi connectivity index (χ0) is 25.6. The predicted molar refractivity (Wildman–Crippen MR) is 132 cm³/mol. The first-order chi connectivity index (χ1) is 17.1. The summed E-state index contributed by atoms with van der Waals surface area (Å²) in [7, 11) is -3.43.